The molecule has 2 heterocycles. The van der Waals surface area contributed by atoms with E-state index in [1.807, 2.05) is 43.9 Å². The van der Waals surface area contributed by atoms with Gasteiger partial charge in [-0.15, -0.1) is 5.10 Å². The first-order valence-corrected chi connectivity index (χ1v) is 12.8. The summed E-state index contributed by atoms with van der Waals surface area (Å²) in [6.45, 7) is 3.42. The van der Waals surface area contributed by atoms with Gasteiger partial charge in [-0.1, -0.05) is 11.3 Å². The number of hydrogen-bond donors (Lipinski definition) is 1. The first-order chi connectivity index (χ1) is 19.5. The molecule has 1 amide bonds. The van der Waals surface area contributed by atoms with Gasteiger partial charge in [-0.25, -0.2) is 4.68 Å². The van der Waals surface area contributed by atoms with E-state index in [-0.39, 0.29) is 23.5 Å². The summed E-state index contributed by atoms with van der Waals surface area (Å²) >= 11 is 0. The fourth-order valence-corrected chi connectivity index (χ4v) is 4.26. The molecule has 0 saturated carbocycles. The molecule has 0 unspecified atom stereocenters. The quantitative estimate of drug-likeness (QED) is 0.291. The maximum absolute atomic E-state index is 13.9. The number of nitrogens with one attached hydrogen (secondary N) is 1. The molecular weight excluding hydrogens is 535 g/mol. The molecule has 0 aliphatic heterocycles. The number of alkyl halides is 3. The topological polar surface area (TPSA) is 88.4 Å². The van der Waals surface area contributed by atoms with Crippen LogP contribution in [-0.4, -0.2) is 77.0 Å². The molecule has 4 rings (SSSR count). The summed E-state index contributed by atoms with van der Waals surface area (Å²) in [5.41, 5.74) is 2.41. The van der Waals surface area contributed by atoms with Crippen molar-refractivity contribution in [2.24, 2.45) is 0 Å². The predicted octanol–water partition coefficient (Wildman–Crippen LogP) is 4.91. The van der Waals surface area contributed by atoms with Crippen LogP contribution in [0.15, 0.2) is 61.1 Å². The van der Waals surface area contributed by atoms with Gasteiger partial charge in [0.2, 0.25) is 0 Å². The predicted molar refractivity (Wildman–Crippen MR) is 150 cm³/mol. The third kappa shape index (κ3) is 7.27. The third-order valence-corrected chi connectivity index (χ3v) is 6.48. The van der Waals surface area contributed by atoms with E-state index in [2.05, 4.69) is 20.6 Å². The van der Waals surface area contributed by atoms with Crippen molar-refractivity contribution < 1.29 is 22.7 Å². The van der Waals surface area contributed by atoms with Crippen LogP contribution in [0.25, 0.3) is 16.9 Å². The summed E-state index contributed by atoms with van der Waals surface area (Å²) in [4.78, 5) is 21.3. The zero-order chi connectivity index (χ0) is 29.7. The fourth-order valence-electron chi connectivity index (χ4n) is 4.26. The second-order valence-corrected chi connectivity index (χ2v) is 10.0. The van der Waals surface area contributed by atoms with Gasteiger partial charge >= 0.3 is 6.18 Å². The number of methoxy groups -OCH3 is 1. The van der Waals surface area contributed by atoms with E-state index >= 15 is 0 Å². The van der Waals surface area contributed by atoms with Crippen molar-refractivity contribution in [1.82, 2.24) is 29.8 Å². The second kappa shape index (κ2) is 12.5. The SMILES string of the molecule is COc1c(CN(C)CCN(C)C)cc(C(F)(F)F)cc1NC(=O)c1ccc(C)c(-n2cc(-c3cccnc3)nn2)c1. The van der Waals surface area contributed by atoms with Crippen LogP contribution in [0.2, 0.25) is 0 Å². The number of benzene rings is 2. The minimum atomic E-state index is -4.61. The number of hydrogen-bond acceptors (Lipinski definition) is 7. The summed E-state index contributed by atoms with van der Waals surface area (Å²) in [5.74, 6) is -0.420. The second-order valence-electron chi connectivity index (χ2n) is 10.0. The molecular formula is C29H32F3N7O2. The molecule has 0 atom stereocenters. The Labute approximate surface area is 236 Å². The van der Waals surface area contributed by atoms with Crippen LogP contribution in [0.1, 0.15) is 27.0 Å². The summed E-state index contributed by atoms with van der Waals surface area (Å²) in [5, 5.41) is 11.0. The molecule has 2 aromatic carbocycles. The number of aromatic nitrogens is 4. The number of likely N-dealkylation sites (N-methyl/N-ethyl adjacent to an activating group) is 2. The smallest absolute Gasteiger partial charge is 0.416 e. The monoisotopic (exact) mass is 567 g/mol. The molecule has 1 N–H and O–H groups in total. The van der Waals surface area contributed by atoms with Crippen LogP contribution < -0.4 is 10.1 Å². The standard InChI is InChI=1S/C29H32F3N7O2/c1-19-8-9-20(14-26(19)39-18-25(35-36-39)21-7-6-10-33-16-21)28(40)34-24-15-23(29(30,31)32)13-22(27(24)41-5)17-38(4)12-11-37(2)3/h6-10,13-16,18H,11-12,17H2,1-5H3,(H,34,40). The maximum Gasteiger partial charge on any atom is 0.416 e. The van der Waals surface area contributed by atoms with E-state index in [1.165, 1.54) is 7.11 Å². The van der Waals surface area contributed by atoms with Crippen LogP contribution in [0.5, 0.6) is 5.75 Å². The number of halogens is 3. The first kappa shape index (κ1) is 29.7. The molecule has 0 aliphatic carbocycles. The summed E-state index contributed by atoms with van der Waals surface area (Å²) in [7, 11) is 7.03. The average molecular weight is 568 g/mol. The van der Waals surface area contributed by atoms with Crippen LogP contribution in [-0.2, 0) is 12.7 Å². The number of rotatable bonds is 10. The Morgan fingerprint density at radius 2 is 1.88 bits per heavy atom. The van der Waals surface area contributed by atoms with Gasteiger partial charge in [0, 0.05) is 48.7 Å². The molecule has 0 bridgehead atoms. The highest BCUT2D eigenvalue weighted by Gasteiger charge is 2.33. The van der Waals surface area contributed by atoms with Gasteiger partial charge in [0.05, 0.1) is 30.2 Å². The number of anilines is 1. The number of ether oxygens (including phenoxy) is 1. The van der Waals surface area contributed by atoms with Gasteiger partial charge in [0.1, 0.15) is 11.4 Å². The molecule has 216 valence electrons. The van der Waals surface area contributed by atoms with Crippen molar-refractivity contribution in [2.75, 3.05) is 46.7 Å². The lowest BCUT2D eigenvalue weighted by molar-refractivity contribution is -0.137. The molecule has 0 radical (unpaired) electrons. The van der Waals surface area contributed by atoms with E-state index in [1.54, 1.807) is 47.5 Å². The van der Waals surface area contributed by atoms with Crippen molar-refractivity contribution in [3.8, 4) is 22.7 Å². The number of carbonyl (C=O) groups is 1. The lowest BCUT2D eigenvalue weighted by Crippen LogP contribution is -2.28. The largest absolute Gasteiger partial charge is 0.494 e. The van der Waals surface area contributed by atoms with Crippen molar-refractivity contribution in [1.29, 1.82) is 0 Å². The van der Waals surface area contributed by atoms with Gasteiger partial charge < -0.3 is 19.9 Å². The van der Waals surface area contributed by atoms with E-state index in [0.29, 0.717) is 23.5 Å². The van der Waals surface area contributed by atoms with Crippen LogP contribution >= 0.6 is 0 Å². The number of pyridine rings is 1. The van der Waals surface area contributed by atoms with Crippen molar-refractivity contribution in [3.63, 3.8) is 0 Å². The number of amides is 1. The number of nitrogens with zero attached hydrogens (tertiary/aromatic N) is 6. The third-order valence-electron chi connectivity index (χ3n) is 6.48. The Hall–Kier alpha value is -4.29. The molecule has 0 aliphatic rings. The molecule has 0 fully saturated rings. The minimum absolute atomic E-state index is 0.0647. The lowest BCUT2D eigenvalue weighted by atomic mass is 10.1. The van der Waals surface area contributed by atoms with Crippen LogP contribution in [0, 0.1) is 6.92 Å². The fraction of sp³-hybridized carbons (Fsp3) is 0.310. The van der Waals surface area contributed by atoms with E-state index < -0.39 is 17.6 Å². The molecule has 2 aromatic heterocycles. The Kier molecular flexibility index (Phi) is 9.04. The molecule has 0 spiro atoms. The van der Waals surface area contributed by atoms with E-state index in [0.717, 1.165) is 29.8 Å². The lowest BCUT2D eigenvalue weighted by Gasteiger charge is -2.23. The van der Waals surface area contributed by atoms with Gasteiger partial charge in [0.15, 0.2) is 0 Å². The molecule has 41 heavy (non-hydrogen) atoms. The van der Waals surface area contributed by atoms with Crippen molar-refractivity contribution in [2.45, 2.75) is 19.6 Å². The Morgan fingerprint density at radius 1 is 1.10 bits per heavy atom. The van der Waals surface area contributed by atoms with E-state index in [4.69, 9.17) is 4.74 Å². The van der Waals surface area contributed by atoms with Crippen LogP contribution in [0.3, 0.4) is 0 Å². The summed E-state index contributed by atoms with van der Waals surface area (Å²) in [6, 6.07) is 10.6. The highest BCUT2D eigenvalue weighted by Crippen LogP contribution is 2.38. The average Bonchev–Trinajstić information content (AvgIpc) is 3.42. The first-order valence-electron chi connectivity index (χ1n) is 12.8. The highest BCUT2D eigenvalue weighted by atomic mass is 19.4. The summed E-state index contributed by atoms with van der Waals surface area (Å²) < 4.78 is 48.6. The number of carbonyl (C=O) groups excluding carboxylic acids is 1. The molecule has 0 saturated heterocycles. The number of aryl methyl sites for hydroxylation is 1. The van der Waals surface area contributed by atoms with Gasteiger partial charge in [-0.2, -0.15) is 13.2 Å². The Bertz CT molecular complexity index is 1500. The van der Waals surface area contributed by atoms with E-state index in [9.17, 15) is 18.0 Å². The zero-order valence-electron chi connectivity index (χ0n) is 23.5. The Balaban J connectivity index is 1.65. The van der Waals surface area contributed by atoms with Crippen LogP contribution in [0.4, 0.5) is 18.9 Å². The maximum atomic E-state index is 13.9. The summed E-state index contributed by atoms with van der Waals surface area (Å²) in [6.07, 6.45) is 0.433. The normalized spacial score (nSPS) is 11.8. The highest BCUT2D eigenvalue weighted by molar-refractivity contribution is 6.05. The molecule has 4 aromatic rings. The van der Waals surface area contributed by atoms with Gasteiger partial charge in [-0.05, 0) is 70.0 Å². The Morgan fingerprint density at radius 3 is 2.54 bits per heavy atom. The van der Waals surface area contributed by atoms with Crippen molar-refractivity contribution in [3.05, 3.63) is 83.3 Å². The molecule has 9 nitrogen and oxygen atoms in total. The zero-order valence-corrected chi connectivity index (χ0v) is 23.5. The minimum Gasteiger partial charge on any atom is -0.494 e. The molecule has 12 heteroatoms. The van der Waals surface area contributed by atoms with Gasteiger partial charge in [-0.3, -0.25) is 9.78 Å². The van der Waals surface area contributed by atoms with Gasteiger partial charge in [0.25, 0.3) is 5.91 Å². The van der Waals surface area contributed by atoms with Crippen molar-refractivity contribution >= 4 is 11.6 Å².